The molecule has 4 N–H and O–H groups in total. The van der Waals surface area contributed by atoms with E-state index < -0.39 is 59.0 Å². The normalized spacial score (nSPS) is 21.7. The predicted octanol–water partition coefficient (Wildman–Crippen LogP) is 0.898. The average Bonchev–Trinajstić information content (AvgIpc) is 3.35. The first-order valence-corrected chi connectivity index (χ1v) is 12.5. The van der Waals surface area contributed by atoms with Crippen molar-refractivity contribution in [1.29, 1.82) is 0 Å². The zero-order valence-electron chi connectivity index (χ0n) is 21.7. The van der Waals surface area contributed by atoms with Crippen LogP contribution in [0.4, 0.5) is 14.7 Å². The highest BCUT2D eigenvalue weighted by molar-refractivity contribution is 7.14. The molecule has 3 heterocycles. The van der Waals surface area contributed by atoms with Gasteiger partial charge in [-0.05, 0) is 41.5 Å². The fraction of sp³-hybridized carbons (Fsp3) is 0.591. The molecule has 2 fully saturated rings. The topological polar surface area (TPSA) is 198 Å². The highest BCUT2D eigenvalue weighted by atomic mass is 32.1. The number of thiazole rings is 1. The van der Waals surface area contributed by atoms with Crippen molar-refractivity contribution in [3.05, 3.63) is 11.1 Å². The molecule has 0 aliphatic carbocycles. The van der Waals surface area contributed by atoms with Crippen molar-refractivity contribution in [2.45, 2.75) is 70.9 Å². The number of rotatable bonds is 9. The van der Waals surface area contributed by atoms with Crippen LogP contribution in [0.15, 0.2) is 10.5 Å². The molecule has 2 saturated heterocycles. The first-order chi connectivity index (χ1) is 17.6. The number of ether oxygens (including phenoxy) is 2. The number of aromatic nitrogens is 1. The van der Waals surface area contributed by atoms with E-state index in [9.17, 15) is 29.1 Å². The van der Waals surface area contributed by atoms with Crippen LogP contribution < -0.4 is 16.0 Å². The number of carboxylic acid groups (broad SMARTS) is 1. The monoisotopic (exact) mass is 554 g/mol. The Morgan fingerprint density at radius 3 is 2.53 bits per heavy atom. The van der Waals surface area contributed by atoms with Crippen LogP contribution in [0.5, 0.6) is 0 Å². The molecule has 2 aliphatic rings. The zero-order chi connectivity index (χ0) is 28.4. The van der Waals surface area contributed by atoms with Crippen LogP contribution in [0.25, 0.3) is 0 Å². The summed E-state index contributed by atoms with van der Waals surface area (Å²) in [6.07, 6.45) is -1.59. The Bertz CT molecular complexity index is 1160. The summed E-state index contributed by atoms with van der Waals surface area (Å²) in [5, 5.41) is 22.1. The SMILES string of the molecule is CC1CN(C[C@H]2NC(=O)[C@H]2NC(=O)C(=NOC(C)(C)C(=O)O)c2csc(NC(=O)OC(C)(C)C)n2)C(=O)O1. The van der Waals surface area contributed by atoms with Gasteiger partial charge in [0.05, 0.1) is 12.6 Å². The van der Waals surface area contributed by atoms with Gasteiger partial charge in [0.25, 0.3) is 5.91 Å². The summed E-state index contributed by atoms with van der Waals surface area (Å²) in [6.45, 7) is 9.71. The van der Waals surface area contributed by atoms with Gasteiger partial charge in [-0.25, -0.2) is 19.4 Å². The van der Waals surface area contributed by atoms with E-state index >= 15 is 0 Å². The lowest BCUT2D eigenvalue weighted by Gasteiger charge is -2.38. The first kappa shape index (κ1) is 28.6. The van der Waals surface area contributed by atoms with Gasteiger partial charge in [-0.2, -0.15) is 0 Å². The Morgan fingerprint density at radius 2 is 1.97 bits per heavy atom. The molecule has 1 aromatic rings. The molecule has 1 aromatic heterocycles. The van der Waals surface area contributed by atoms with Gasteiger partial charge >= 0.3 is 18.2 Å². The third-order valence-corrected chi connectivity index (χ3v) is 5.96. The number of carboxylic acids is 1. The molecule has 2 aliphatic heterocycles. The summed E-state index contributed by atoms with van der Waals surface area (Å²) >= 11 is 0.958. The van der Waals surface area contributed by atoms with Crippen molar-refractivity contribution in [3.8, 4) is 0 Å². The Balaban J connectivity index is 1.78. The Kier molecular flexibility index (Phi) is 8.14. The molecule has 208 valence electrons. The van der Waals surface area contributed by atoms with Crippen molar-refractivity contribution in [2.75, 3.05) is 18.4 Å². The van der Waals surface area contributed by atoms with Crippen LogP contribution in [-0.4, -0.2) is 93.2 Å². The maximum absolute atomic E-state index is 13.2. The lowest BCUT2D eigenvalue weighted by Crippen LogP contribution is -2.72. The number of hydrogen-bond donors (Lipinski definition) is 4. The zero-order valence-corrected chi connectivity index (χ0v) is 22.5. The molecule has 3 rings (SSSR count). The third kappa shape index (κ3) is 7.08. The van der Waals surface area contributed by atoms with E-state index in [0.717, 1.165) is 11.3 Å². The number of anilines is 1. The molecule has 1 unspecified atom stereocenters. The van der Waals surface area contributed by atoms with Crippen LogP contribution in [-0.2, 0) is 28.7 Å². The van der Waals surface area contributed by atoms with E-state index in [1.54, 1.807) is 27.7 Å². The van der Waals surface area contributed by atoms with E-state index in [1.165, 1.54) is 24.1 Å². The van der Waals surface area contributed by atoms with E-state index in [4.69, 9.17) is 14.3 Å². The molecule has 38 heavy (non-hydrogen) atoms. The summed E-state index contributed by atoms with van der Waals surface area (Å²) in [5.74, 6) is -2.71. The largest absolute Gasteiger partial charge is 0.478 e. The summed E-state index contributed by atoms with van der Waals surface area (Å²) in [7, 11) is 0. The molecular formula is C22H30N6O9S. The van der Waals surface area contributed by atoms with Gasteiger partial charge in [-0.15, -0.1) is 11.3 Å². The Labute approximate surface area is 221 Å². The minimum Gasteiger partial charge on any atom is -0.478 e. The number of nitrogens with zero attached hydrogens (tertiary/aromatic N) is 3. The molecule has 0 saturated carbocycles. The maximum atomic E-state index is 13.2. The molecular weight excluding hydrogens is 524 g/mol. The average molecular weight is 555 g/mol. The van der Waals surface area contributed by atoms with Crippen LogP contribution in [0.1, 0.15) is 47.2 Å². The Hall–Kier alpha value is -3.95. The number of oxime groups is 1. The molecule has 3 atom stereocenters. The van der Waals surface area contributed by atoms with Gasteiger partial charge in [0.15, 0.2) is 10.8 Å². The molecule has 0 spiro atoms. The number of amides is 4. The number of aliphatic carboxylic acids is 1. The lowest BCUT2D eigenvalue weighted by atomic mass is 9.98. The second-order valence-electron chi connectivity index (χ2n) is 10.2. The van der Waals surface area contributed by atoms with E-state index in [-0.39, 0.29) is 23.5 Å². The Morgan fingerprint density at radius 1 is 1.29 bits per heavy atom. The van der Waals surface area contributed by atoms with E-state index in [0.29, 0.717) is 6.54 Å². The van der Waals surface area contributed by atoms with E-state index in [1.807, 2.05) is 0 Å². The van der Waals surface area contributed by atoms with Gasteiger partial charge in [-0.1, -0.05) is 5.16 Å². The fourth-order valence-electron chi connectivity index (χ4n) is 3.26. The number of carbonyl (C=O) groups excluding carboxylic acids is 4. The number of cyclic esters (lactones) is 1. The van der Waals surface area contributed by atoms with Gasteiger partial charge < -0.3 is 35.0 Å². The van der Waals surface area contributed by atoms with Gasteiger partial charge in [-0.3, -0.25) is 14.9 Å². The van der Waals surface area contributed by atoms with Crippen molar-refractivity contribution >= 4 is 52.2 Å². The van der Waals surface area contributed by atoms with Crippen molar-refractivity contribution in [3.63, 3.8) is 0 Å². The fourth-order valence-corrected chi connectivity index (χ4v) is 3.94. The van der Waals surface area contributed by atoms with Gasteiger partial charge in [0.2, 0.25) is 11.5 Å². The molecule has 0 radical (unpaired) electrons. The summed E-state index contributed by atoms with van der Waals surface area (Å²) in [4.78, 5) is 71.5. The number of hydrogen-bond acceptors (Lipinski definition) is 11. The second kappa shape index (κ2) is 10.8. The number of nitrogens with one attached hydrogen (secondary N) is 3. The van der Waals surface area contributed by atoms with Gasteiger partial charge in [0, 0.05) is 11.9 Å². The minimum atomic E-state index is -1.79. The number of β-lactam (4-membered cyclic amide) rings is 1. The van der Waals surface area contributed by atoms with Gasteiger partial charge in [0.1, 0.15) is 23.4 Å². The van der Waals surface area contributed by atoms with Crippen molar-refractivity contribution in [2.24, 2.45) is 5.16 Å². The van der Waals surface area contributed by atoms with Crippen molar-refractivity contribution < 1.29 is 43.4 Å². The number of carbonyl (C=O) groups is 5. The summed E-state index contributed by atoms with van der Waals surface area (Å²) < 4.78 is 10.3. The highest BCUT2D eigenvalue weighted by Crippen LogP contribution is 2.20. The highest BCUT2D eigenvalue weighted by Gasteiger charge is 2.44. The lowest BCUT2D eigenvalue weighted by molar-refractivity contribution is -0.161. The molecule has 0 bridgehead atoms. The summed E-state index contributed by atoms with van der Waals surface area (Å²) in [6, 6.07) is -1.61. The quantitative estimate of drug-likeness (QED) is 0.193. The van der Waals surface area contributed by atoms with E-state index in [2.05, 4.69) is 26.1 Å². The van der Waals surface area contributed by atoms with Crippen LogP contribution in [0.2, 0.25) is 0 Å². The maximum Gasteiger partial charge on any atom is 0.413 e. The second-order valence-corrected chi connectivity index (χ2v) is 11.0. The van der Waals surface area contributed by atoms with Crippen molar-refractivity contribution in [1.82, 2.24) is 20.5 Å². The molecule has 16 heteroatoms. The van der Waals surface area contributed by atoms with Crippen LogP contribution in [0, 0.1) is 0 Å². The standard InChI is InChI=1S/C22H30N6O9S/c1-10-7-28(20(34)35-10)8-11-13(15(29)23-11)25-16(30)14(27-37-22(5,6)17(31)32)12-9-38-18(24-12)26-19(33)36-21(2,3)4/h9-11,13H,7-8H2,1-6H3,(H,23,29)(H,25,30)(H,31,32)(H,24,26,33)/t10?,11-,13+/m1/s1. The predicted molar refractivity (Wildman–Crippen MR) is 133 cm³/mol. The third-order valence-electron chi connectivity index (χ3n) is 5.20. The summed E-state index contributed by atoms with van der Waals surface area (Å²) in [5.41, 5.74) is -3.02. The van der Waals surface area contributed by atoms with Crippen LogP contribution >= 0.6 is 11.3 Å². The smallest absolute Gasteiger partial charge is 0.413 e. The molecule has 4 amide bonds. The van der Waals surface area contributed by atoms with Crippen LogP contribution in [0.3, 0.4) is 0 Å². The minimum absolute atomic E-state index is 0.0482. The molecule has 0 aromatic carbocycles. The molecule has 15 nitrogen and oxygen atoms in total. The first-order valence-electron chi connectivity index (χ1n) is 11.6.